The molecule has 0 saturated heterocycles. The molecule has 0 atom stereocenters. The monoisotopic (exact) mass is 264 g/mol. The number of rotatable bonds is 5. The van der Waals surface area contributed by atoms with Gasteiger partial charge >= 0.3 is 0 Å². The first-order chi connectivity index (χ1) is 9.25. The highest BCUT2D eigenvalue weighted by atomic mass is 16.1. The molecule has 0 radical (unpaired) electrons. The van der Waals surface area contributed by atoms with Crippen molar-refractivity contribution >= 4 is 5.91 Å². The molecule has 106 valence electrons. The van der Waals surface area contributed by atoms with Crippen LogP contribution in [-0.2, 0) is 7.05 Å². The first kappa shape index (κ1) is 14.1. The maximum Gasteiger partial charge on any atom is 0.271 e. The molecule has 0 aliphatic heterocycles. The van der Waals surface area contributed by atoms with Gasteiger partial charge in [0, 0.05) is 32.4 Å². The minimum atomic E-state index is -0.0942. The summed E-state index contributed by atoms with van der Waals surface area (Å²) in [5, 5.41) is 6.42. The van der Waals surface area contributed by atoms with Crippen LogP contribution >= 0.6 is 0 Å². The van der Waals surface area contributed by atoms with Crippen LogP contribution in [0.4, 0.5) is 0 Å². The van der Waals surface area contributed by atoms with E-state index in [1.807, 2.05) is 7.05 Å². The van der Waals surface area contributed by atoms with Crippen molar-refractivity contribution in [3.05, 3.63) is 18.2 Å². The maximum atomic E-state index is 11.7. The Morgan fingerprint density at radius 3 is 2.68 bits per heavy atom. The first-order valence-electron chi connectivity index (χ1n) is 7.25. The number of aromatic nitrogens is 2. The molecule has 1 aliphatic carbocycles. The molecular weight excluding hydrogens is 240 g/mol. The van der Waals surface area contributed by atoms with Crippen LogP contribution in [0, 0.1) is 0 Å². The molecule has 2 N–H and O–H groups in total. The zero-order chi connectivity index (χ0) is 13.5. The third-order valence-corrected chi connectivity index (χ3v) is 3.64. The van der Waals surface area contributed by atoms with Gasteiger partial charge in [0.05, 0.1) is 6.33 Å². The summed E-state index contributed by atoms with van der Waals surface area (Å²) in [6, 6.07) is 0.634. The summed E-state index contributed by atoms with van der Waals surface area (Å²) in [6.07, 6.45) is 11.3. The Hall–Kier alpha value is -1.36. The van der Waals surface area contributed by atoms with E-state index in [0.29, 0.717) is 18.3 Å². The van der Waals surface area contributed by atoms with Gasteiger partial charge in [-0.05, 0) is 12.8 Å². The number of aryl methyl sites for hydroxylation is 1. The summed E-state index contributed by atoms with van der Waals surface area (Å²) >= 11 is 0. The fourth-order valence-electron chi connectivity index (χ4n) is 2.56. The van der Waals surface area contributed by atoms with Gasteiger partial charge in [0.15, 0.2) is 0 Å². The minimum Gasteiger partial charge on any atom is -0.349 e. The van der Waals surface area contributed by atoms with E-state index in [2.05, 4.69) is 15.6 Å². The van der Waals surface area contributed by atoms with Crippen LogP contribution in [0.15, 0.2) is 12.5 Å². The SMILES string of the molecule is Cn1cnc(C(=O)NCCNC2CCCCCC2)c1. The Bertz CT molecular complexity index is 394. The number of amides is 1. The molecule has 0 aromatic carbocycles. The van der Waals surface area contributed by atoms with E-state index in [9.17, 15) is 4.79 Å². The Morgan fingerprint density at radius 2 is 2.05 bits per heavy atom. The average molecular weight is 264 g/mol. The molecule has 1 heterocycles. The van der Waals surface area contributed by atoms with Gasteiger partial charge in [0.2, 0.25) is 0 Å². The molecule has 0 bridgehead atoms. The number of nitrogens with one attached hydrogen (secondary N) is 2. The second-order valence-electron chi connectivity index (χ2n) is 5.32. The summed E-state index contributed by atoms with van der Waals surface area (Å²) < 4.78 is 1.78. The topological polar surface area (TPSA) is 59.0 Å². The summed E-state index contributed by atoms with van der Waals surface area (Å²) in [7, 11) is 1.86. The van der Waals surface area contributed by atoms with Gasteiger partial charge in [-0.15, -0.1) is 0 Å². The van der Waals surface area contributed by atoms with Crippen molar-refractivity contribution in [3.8, 4) is 0 Å². The number of hydrogen-bond acceptors (Lipinski definition) is 3. The minimum absolute atomic E-state index is 0.0942. The van der Waals surface area contributed by atoms with Crippen molar-refractivity contribution in [2.75, 3.05) is 13.1 Å². The van der Waals surface area contributed by atoms with E-state index in [-0.39, 0.29) is 5.91 Å². The quantitative estimate of drug-likeness (QED) is 0.625. The maximum absolute atomic E-state index is 11.7. The van der Waals surface area contributed by atoms with Crippen LogP contribution in [0.3, 0.4) is 0 Å². The van der Waals surface area contributed by atoms with Gasteiger partial charge in [-0.2, -0.15) is 0 Å². The van der Waals surface area contributed by atoms with Gasteiger partial charge in [-0.3, -0.25) is 4.79 Å². The fraction of sp³-hybridized carbons (Fsp3) is 0.714. The molecule has 1 aromatic rings. The van der Waals surface area contributed by atoms with Gasteiger partial charge in [0.25, 0.3) is 5.91 Å². The molecule has 2 rings (SSSR count). The highest BCUT2D eigenvalue weighted by molar-refractivity contribution is 5.91. The Kier molecular flexibility index (Phi) is 5.39. The van der Waals surface area contributed by atoms with E-state index < -0.39 is 0 Å². The normalized spacial score (nSPS) is 17.1. The van der Waals surface area contributed by atoms with Crippen LogP contribution in [-0.4, -0.2) is 34.6 Å². The molecule has 1 aliphatic rings. The molecule has 0 unspecified atom stereocenters. The van der Waals surface area contributed by atoms with Crippen LogP contribution in [0.5, 0.6) is 0 Å². The van der Waals surface area contributed by atoms with Gasteiger partial charge in [0.1, 0.15) is 5.69 Å². The highest BCUT2D eigenvalue weighted by Crippen LogP contribution is 2.16. The zero-order valence-electron chi connectivity index (χ0n) is 11.7. The number of imidazole rings is 1. The number of nitrogens with zero attached hydrogens (tertiary/aromatic N) is 2. The van der Waals surface area contributed by atoms with Crippen molar-refractivity contribution in [2.45, 2.75) is 44.6 Å². The van der Waals surface area contributed by atoms with Crippen molar-refractivity contribution < 1.29 is 4.79 Å². The first-order valence-corrected chi connectivity index (χ1v) is 7.25. The van der Waals surface area contributed by atoms with Gasteiger partial charge < -0.3 is 15.2 Å². The third kappa shape index (κ3) is 4.67. The second-order valence-corrected chi connectivity index (χ2v) is 5.32. The van der Waals surface area contributed by atoms with Gasteiger partial charge in [-0.1, -0.05) is 25.7 Å². The van der Waals surface area contributed by atoms with Crippen LogP contribution in [0.2, 0.25) is 0 Å². The van der Waals surface area contributed by atoms with Crippen LogP contribution < -0.4 is 10.6 Å². The fourth-order valence-corrected chi connectivity index (χ4v) is 2.56. The molecular formula is C14H24N4O. The Balaban J connectivity index is 1.62. The molecule has 1 saturated carbocycles. The van der Waals surface area contributed by atoms with Crippen molar-refractivity contribution in [1.82, 2.24) is 20.2 Å². The predicted octanol–water partition coefficient (Wildman–Crippen LogP) is 1.46. The van der Waals surface area contributed by atoms with E-state index in [4.69, 9.17) is 0 Å². The zero-order valence-corrected chi connectivity index (χ0v) is 11.7. The van der Waals surface area contributed by atoms with Crippen molar-refractivity contribution in [1.29, 1.82) is 0 Å². The molecule has 1 amide bonds. The van der Waals surface area contributed by atoms with Crippen molar-refractivity contribution in [3.63, 3.8) is 0 Å². The lowest BCUT2D eigenvalue weighted by Gasteiger charge is -2.16. The van der Waals surface area contributed by atoms with Crippen molar-refractivity contribution in [2.24, 2.45) is 7.05 Å². The summed E-state index contributed by atoms with van der Waals surface area (Å²) in [5.41, 5.74) is 0.483. The molecule has 19 heavy (non-hydrogen) atoms. The molecule has 1 aromatic heterocycles. The third-order valence-electron chi connectivity index (χ3n) is 3.64. The lowest BCUT2D eigenvalue weighted by atomic mass is 10.1. The van der Waals surface area contributed by atoms with E-state index >= 15 is 0 Å². The lowest BCUT2D eigenvalue weighted by Crippen LogP contribution is -2.37. The molecule has 5 heteroatoms. The Labute approximate surface area is 114 Å². The standard InChI is InChI=1S/C14H24N4O/c1-18-10-13(17-11-18)14(19)16-9-8-15-12-6-4-2-3-5-7-12/h10-12,15H,2-9H2,1H3,(H,16,19). The van der Waals surface area contributed by atoms with Gasteiger partial charge in [-0.25, -0.2) is 4.98 Å². The average Bonchev–Trinajstić information content (AvgIpc) is 2.68. The van der Waals surface area contributed by atoms with E-state index in [1.165, 1.54) is 38.5 Å². The number of carbonyl (C=O) groups is 1. The molecule has 5 nitrogen and oxygen atoms in total. The Morgan fingerprint density at radius 1 is 1.32 bits per heavy atom. The molecule has 1 fully saturated rings. The summed E-state index contributed by atoms with van der Waals surface area (Å²) in [5.74, 6) is -0.0942. The number of carbonyl (C=O) groups excluding carboxylic acids is 1. The number of hydrogen-bond donors (Lipinski definition) is 2. The summed E-state index contributed by atoms with van der Waals surface area (Å²) in [4.78, 5) is 15.8. The van der Waals surface area contributed by atoms with Crippen LogP contribution in [0.1, 0.15) is 49.0 Å². The largest absolute Gasteiger partial charge is 0.349 e. The highest BCUT2D eigenvalue weighted by Gasteiger charge is 2.11. The van der Waals surface area contributed by atoms with E-state index in [0.717, 1.165) is 6.54 Å². The smallest absolute Gasteiger partial charge is 0.271 e. The van der Waals surface area contributed by atoms with Crippen LogP contribution in [0.25, 0.3) is 0 Å². The van der Waals surface area contributed by atoms with E-state index in [1.54, 1.807) is 17.1 Å². The summed E-state index contributed by atoms with van der Waals surface area (Å²) in [6.45, 7) is 1.50. The lowest BCUT2D eigenvalue weighted by molar-refractivity contribution is 0.0949. The predicted molar refractivity (Wildman–Crippen MR) is 75.0 cm³/mol. The molecule has 0 spiro atoms. The second kappa shape index (κ2) is 7.28.